The van der Waals surface area contributed by atoms with Gasteiger partial charge >= 0.3 is 0 Å². The van der Waals surface area contributed by atoms with E-state index >= 15 is 0 Å². The lowest BCUT2D eigenvalue weighted by Crippen LogP contribution is -2.23. The SMILES string of the molecule is CCNC(=O)c1c(Cl)cccc1-c1ccc2ccccc2c1. The number of hydrogen-bond acceptors (Lipinski definition) is 1. The molecule has 0 aromatic heterocycles. The summed E-state index contributed by atoms with van der Waals surface area (Å²) in [5.74, 6) is -0.142. The summed E-state index contributed by atoms with van der Waals surface area (Å²) in [5.41, 5.74) is 2.37. The lowest BCUT2D eigenvalue weighted by atomic mass is 9.96. The fraction of sp³-hybridized carbons (Fsp3) is 0.105. The quantitative estimate of drug-likeness (QED) is 0.731. The van der Waals surface area contributed by atoms with Gasteiger partial charge in [0.15, 0.2) is 0 Å². The molecule has 0 aliphatic carbocycles. The van der Waals surface area contributed by atoms with Crippen molar-refractivity contribution < 1.29 is 4.79 Å². The molecule has 0 aliphatic rings. The van der Waals surface area contributed by atoms with E-state index < -0.39 is 0 Å². The average molecular weight is 310 g/mol. The Kier molecular flexibility index (Phi) is 4.12. The molecule has 1 N–H and O–H groups in total. The second-order valence-corrected chi connectivity index (χ2v) is 5.49. The number of nitrogens with one attached hydrogen (secondary N) is 1. The molecule has 0 fully saturated rings. The van der Waals surface area contributed by atoms with Crippen molar-refractivity contribution in [3.05, 3.63) is 71.2 Å². The van der Waals surface area contributed by atoms with Crippen LogP contribution in [0.3, 0.4) is 0 Å². The second-order valence-electron chi connectivity index (χ2n) is 5.08. The summed E-state index contributed by atoms with van der Waals surface area (Å²) in [7, 11) is 0. The maximum Gasteiger partial charge on any atom is 0.253 e. The van der Waals surface area contributed by atoms with E-state index in [1.165, 1.54) is 5.39 Å². The number of rotatable bonds is 3. The fourth-order valence-corrected chi connectivity index (χ4v) is 2.86. The Morgan fingerprint density at radius 2 is 1.77 bits per heavy atom. The summed E-state index contributed by atoms with van der Waals surface area (Å²) in [6.45, 7) is 2.46. The third-order valence-corrected chi connectivity index (χ3v) is 3.95. The van der Waals surface area contributed by atoms with Gasteiger partial charge in [-0.3, -0.25) is 4.79 Å². The van der Waals surface area contributed by atoms with Crippen molar-refractivity contribution in [2.75, 3.05) is 6.54 Å². The summed E-state index contributed by atoms with van der Waals surface area (Å²) in [4.78, 5) is 12.3. The van der Waals surface area contributed by atoms with Crippen LogP contribution in [0.1, 0.15) is 17.3 Å². The first-order valence-electron chi connectivity index (χ1n) is 7.26. The zero-order chi connectivity index (χ0) is 15.5. The highest BCUT2D eigenvalue weighted by atomic mass is 35.5. The Bertz CT molecular complexity index is 842. The monoisotopic (exact) mass is 309 g/mol. The van der Waals surface area contributed by atoms with Gasteiger partial charge in [0.1, 0.15) is 0 Å². The van der Waals surface area contributed by atoms with Gasteiger partial charge in [0, 0.05) is 6.54 Å². The molecule has 0 unspecified atom stereocenters. The van der Waals surface area contributed by atoms with Crippen molar-refractivity contribution >= 4 is 28.3 Å². The fourth-order valence-electron chi connectivity index (χ4n) is 2.60. The van der Waals surface area contributed by atoms with Crippen LogP contribution in [0.4, 0.5) is 0 Å². The highest BCUT2D eigenvalue weighted by molar-refractivity contribution is 6.34. The maximum atomic E-state index is 12.3. The van der Waals surface area contributed by atoms with Crippen molar-refractivity contribution in [2.24, 2.45) is 0 Å². The molecule has 0 spiro atoms. The van der Waals surface area contributed by atoms with Gasteiger partial charge in [0.25, 0.3) is 5.91 Å². The summed E-state index contributed by atoms with van der Waals surface area (Å²) < 4.78 is 0. The number of hydrogen-bond donors (Lipinski definition) is 1. The maximum absolute atomic E-state index is 12.3. The molecule has 0 heterocycles. The molecule has 0 saturated heterocycles. The highest BCUT2D eigenvalue weighted by Crippen LogP contribution is 2.31. The lowest BCUT2D eigenvalue weighted by Gasteiger charge is -2.12. The van der Waals surface area contributed by atoms with Crippen LogP contribution in [0.5, 0.6) is 0 Å². The van der Waals surface area contributed by atoms with E-state index in [9.17, 15) is 4.79 Å². The van der Waals surface area contributed by atoms with E-state index in [0.29, 0.717) is 17.1 Å². The van der Waals surface area contributed by atoms with Crippen LogP contribution in [-0.4, -0.2) is 12.5 Å². The van der Waals surface area contributed by atoms with Gasteiger partial charge in [0.2, 0.25) is 0 Å². The van der Waals surface area contributed by atoms with E-state index in [1.54, 1.807) is 6.07 Å². The number of benzene rings is 3. The molecule has 2 nitrogen and oxygen atoms in total. The van der Waals surface area contributed by atoms with Crippen LogP contribution in [0, 0.1) is 0 Å². The molecule has 3 heteroatoms. The summed E-state index contributed by atoms with van der Waals surface area (Å²) in [5, 5.41) is 5.61. The number of carbonyl (C=O) groups excluding carboxylic acids is 1. The second kappa shape index (κ2) is 6.20. The lowest BCUT2D eigenvalue weighted by molar-refractivity contribution is 0.0956. The first kappa shape index (κ1) is 14.6. The minimum Gasteiger partial charge on any atom is -0.352 e. The zero-order valence-electron chi connectivity index (χ0n) is 12.3. The van der Waals surface area contributed by atoms with Crippen molar-refractivity contribution in [1.82, 2.24) is 5.32 Å². The Labute approximate surface area is 134 Å². The Morgan fingerprint density at radius 1 is 1.00 bits per heavy atom. The van der Waals surface area contributed by atoms with Gasteiger partial charge in [-0.1, -0.05) is 60.1 Å². The van der Waals surface area contributed by atoms with Gasteiger partial charge in [-0.15, -0.1) is 0 Å². The highest BCUT2D eigenvalue weighted by Gasteiger charge is 2.16. The molecule has 0 aliphatic heterocycles. The molecule has 0 saturated carbocycles. The number of carbonyl (C=O) groups is 1. The van der Waals surface area contributed by atoms with Crippen molar-refractivity contribution in [2.45, 2.75) is 6.92 Å². The van der Waals surface area contributed by atoms with Crippen LogP contribution >= 0.6 is 11.6 Å². The molecule has 1 amide bonds. The Hall–Kier alpha value is -2.32. The smallest absolute Gasteiger partial charge is 0.253 e. The number of halogens is 1. The molecular formula is C19H16ClNO. The molecule has 110 valence electrons. The van der Waals surface area contributed by atoms with Gasteiger partial charge < -0.3 is 5.32 Å². The number of amides is 1. The number of fused-ring (bicyclic) bond motifs is 1. The van der Waals surface area contributed by atoms with Gasteiger partial charge in [-0.25, -0.2) is 0 Å². The van der Waals surface area contributed by atoms with Gasteiger partial charge in [-0.2, -0.15) is 0 Å². The van der Waals surface area contributed by atoms with Crippen molar-refractivity contribution in [3.63, 3.8) is 0 Å². The third kappa shape index (κ3) is 2.70. The molecule has 0 radical (unpaired) electrons. The van der Waals surface area contributed by atoms with E-state index in [-0.39, 0.29) is 5.91 Å². The molecule has 3 aromatic carbocycles. The van der Waals surface area contributed by atoms with Crippen LogP contribution in [0.15, 0.2) is 60.7 Å². The zero-order valence-corrected chi connectivity index (χ0v) is 13.0. The first-order valence-corrected chi connectivity index (χ1v) is 7.64. The van der Waals surface area contributed by atoms with E-state index in [0.717, 1.165) is 16.5 Å². The normalized spacial score (nSPS) is 10.6. The van der Waals surface area contributed by atoms with Crippen LogP contribution in [-0.2, 0) is 0 Å². The van der Waals surface area contributed by atoms with E-state index in [4.69, 9.17) is 11.6 Å². The first-order chi connectivity index (χ1) is 10.7. The largest absolute Gasteiger partial charge is 0.352 e. The predicted octanol–water partition coefficient (Wildman–Crippen LogP) is 4.91. The predicted molar refractivity (Wildman–Crippen MR) is 92.4 cm³/mol. The van der Waals surface area contributed by atoms with Crippen molar-refractivity contribution in [1.29, 1.82) is 0 Å². The van der Waals surface area contributed by atoms with Crippen LogP contribution < -0.4 is 5.32 Å². The van der Waals surface area contributed by atoms with Gasteiger partial charge in [-0.05, 0) is 41.0 Å². The minimum atomic E-state index is -0.142. The van der Waals surface area contributed by atoms with E-state index in [1.807, 2.05) is 37.3 Å². The summed E-state index contributed by atoms with van der Waals surface area (Å²) in [6, 6.07) is 19.9. The Morgan fingerprint density at radius 3 is 2.55 bits per heavy atom. The van der Waals surface area contributed by atoms with Gasteiger partial charge in [0.05, 0.1) is 10.6 Å². The van der Waals surface area contributed by atoms with Crippen LogP contribution in [0.25, 0.3) is 21.9 Å². The molecule has 3 aromatic rings. The minimum absolute atomic E-state index is 0.142. The van der Waals surface area contributed by atoms with Crippen molar-refractivity contribution in [3.8, 4) is 11.1 Å². The standard InChI is InChI=1S/C19H16ClNO/c1-2-21-19(22)18-16(8-5-9-17(18)20)15-11-10-13-6-3-4-7-14(13)12-15/h3-12H,2H2,1H3,(H,21,22). The molecular weight excluding hydrogens is 294 g/mol. The molecule has 22 heavy (non-hydrogen) atoms. The van der Waals surface area contributed by atoms with E-state index in [2.05, 4.69) is 29.6 Å². The summed E-state index contributed by atoms with van der Waals surface area (Å²) in [6.07, 6.45) is 0. The molecule has 3 rings (SSSR count). The Balaban J connectivity index is 2.17. The summed E-state index contributed by atoms with van der Waals surface area (Å²) >= 11 is 6.27. The molecule has 0 bridgehead atoms. The average Bonchev–Trinajstić information content (AvgIpc) is 2.54. The topological polar surface area (TPSA) is 29.1 Å². The van der Waals surface area contributed by atoms with Crippen LogP contribution in [0.2, 0.25) is 5.02 Å². The molecule has 0 atom stereocenters. The third-order valence-electron chi connectivity index (χ3n) is 3.64.